The summed E-state index contributed by atoms with van der Waals surface area (Å²) in [7, 11) is 3.58. The van der Waals surface area contributed by atoms with Gasteiger partial charge in [0.15, 0.2) is 23.5 Å². The van der Waals surface area contributed by atoms with E-state index in [9.17, 15) is 29.1 Å². The maximum atomic E-state index is 15.3. The Morgan fingerprint density at radius 3 is 2.40 bits per heavy atom. The number of esters is 1. The first-order valence-electron chi connectivity index (χ1n) is 20.2. The molecule has 3 aliphatic heterocycles. The highest BCUT2D eigenvalue weighted by Crippen LogP contribution is 2.41. The molecular weight excluding hydrogens is 804 g/mol. The second-order valence-electron chi connectivity index (χ2n) is 16.7. The van der Waals surface area contributed by atoms with Crippen molar-refractivity contribution in [1.82, 2.24) is 20.2 Å². The van der Waals surface area contributed by atoms with Gasteiger partial charge >= 0.3 is 18.2 Å². The number of aliphatic hydroxyl groups excluding tert-OH is 1. The van der Waals surface area contributed by atoms with Crippen LogP contribution >= 0.6 is 11.3 Å². The normalized spacial score (nSPS) is 35.8. The van der Waals surface area contributed by atoms with Crippen LogP contribution in [0.25, 0.3) is 16.8 Å². The number of hydrogen-bond donors (Lipinski definition) is 2. The molecule has 1 amide bonds. The number of rotatable bonds is 9. The Morgan fingerprint density at radius 1 is 1.07 bits per heavy atom. The van der Waals surface area contributed by atoms with Crippen molar-refractivity contribution < 1.29 is 61.9 Å². The molecule has 13 atom stereocenters. The van der Waals surface area contributed by atoms with E-state index >= 15 is 4.39 Å². The van der Waals surface area contributed by atoms with Gasteiger partial charge in [-0.15, -0.1) is 11.3 Å². The topological polar surface area (TPSA) is 202 Å². The van der Waals surface area contributed by atoms with Crippen LogP contribution < -0.4 is 5.32 Å². The average Bonchev–Trinajstić information content (AvgIpc) is 3.80. The van der Waals surface area contributed by atoms with E-state index in [1.807, 2.05) is 4.90 Å². The number of ether oxygens (including phenoxy) is 6. The number of aliphatic hydroxyl groups is 1. The minimum Gasteiger partial charge on any atom is -0.458 e. The molecular formula is C42H57FN4O12S. The van der Waals surface area contributed by atoms with Crippen LogP contribution in [0.3, 0.4) is 0 Å². The molecule has 16 nitrogen and oxygen atoms in total. The van der Waals surface area contributed by atoms with Gasteiger partial charge in [-0.1, -0.05) is 27.7 Å². The Hall–Kier alpha value is -4.36. The molecule has 0 aromatic carbocycles. The third kappa shape index (κ3) is 10.2. The third-order valence-corrected chi connectivity index (χ3v) is 12.8. The first kappa shape index (κ1) is 46.7. The van der Waals surface area contributed by atoms with E-state index in [1.165, 1.54) is 38.2 Å². The largest absolute Gasteiger partial charge is 0.509 e. The third-order valence-electron chi connectivity index (χ3n) is 11.8. The number of ketones is 2. The van der Waals surface area contributed by atoms with E-state index in [0.717, 1.165) is 0 Å². The summed E-state index contributed by atoms with van der Waals surface area (Å²) in [4.78, 5) is 80.4. The van der Waals surface area contributed by atoms with Gasteiger partial charge in [0.1, 0.15) is 48.0 Å². The predicted molar refractivity (Wildman–Crippen MR) is 216 cm³/mol. The summed E-state index contributed by atoms with van der Waals surface area (Å²) in [5.74, 6) is -6.87. The van der Waals surface area contributed by atoms with Gasteiger partial charge in [0.25, 0.3) is 0 Å². The minimum atomic E-state index is -1.94. The maximum absolute atomic E-state index is 15.3. The smallest absolute Gasteiger partial charge is 0.458 e. The number of aromatic nitrogens is 2. The Morgan fingerprint density at radius 2 is 1.75 bits per heavy atom. The number of thiophene rings is 1. The van der Waals surface area contributed by atoms with Gasteiger partial charge in [-0.3, -0.25) is 14.4 Å². The molecule has 2 aromatic heterocycles. The number of fused-ring (bicyclic) bond motifs is 1. The molecule has 0 aliphatic carbocycles. The molecule has 0 bridgehead atoms. The summed E-state index contributed by atoms with van der Waals surface area (Å²) in [6.07, 6.45) is -2.97. The van der Waals surface area contributed by atoms with E-state index < -0.39 is 114 Å². The van der Waals surface area contributed by atoms with Crippen LogP contribution in [-0.4, -0.2) is 124 Å². The molecule has 5 heterocycles. The number of likely N-dealkylation sites (N-methyl/N-ethyl adjacent to an activating group) is 1. The van der Waals surface area contributed by atoms with Gasteiger partial charge in [-0.25, -0.2) is 23.9 Å². The fourth-order valence-corrected chi connectivity index (χ4v) is 9.52. The number of nitrogens with one attached hydrogen (secondary N) is 1. The molecule has 0 saturated carbocycles. The van der Waals surface area contributed by atoms with E-state index in [2.05, 4.69) is 15.3 Å². The van der Waals surface area contributed by atoms with E-state index in [0.29, 0.717) is 22.0 Å². The molecule has 2 N–H and O–H groups in total. The van der Waals surface area contributed by atoms with Crippen LogP contribution in [0.2, 0.25) is 0 Å². The Labute approximate surface area is 353 Å². The summed E-state index contributed by atoms with van der Waals surface area (Å²) >= 11 is 1.22. The lowest BCUT2D eigenvalue weighted by Crippen LogP contribution is -2.60. The zero-order chi connectivity index (χ0) is 44.3. The first-order valence-corrected chi connectivity index (χ1v) is 21.0. The summed E-state index contributed by atoms with van der Waals surface area (Å²) in [5.41, 5.74) is -3.43. The van der Waals surface area contributed by atoms with Crippen LogP contribution in [0.5, 0.6) is 0 Å². The molecule has 2 aromatic rings. The van der Waals surface area contributed by atoms with E-state index in [4.69, 9.17) is 28.4 Å². The summed E-state index contributed by atoms with van der Waals surface area (Å²) in [6.45, 7) is 11.8. The van der Waals surface area contributed by atoms with Gasteiger partial charge in [0, 0.05) is 41.1 Å². The lowest BCUT2D eigenvalue weighted by atomic mass is 9.73. The summed E-state index contributed by atoms with van der Waals surface area (Å²) < 4.78 is 50.8. The number of nitrogens with zero attached hydrogens (tertiary/aromatic N) is 3. The van der Waals surface area contributed by atoms with Crippen LogP contribution in [0.1, 0.15) is 79.5 Å². The number of Topliss-reactive ketones (excluding diaryl/α,β-unsaturated/α-hetero) is 2. The first-order chi connectivity index (χ1) is 28.2. The SMILES string of the molecule is CC[C@H]1OC(=O)[C@H](C)C(=O)[C@H](C)[C@@H](O[C@@H]2O[C@H](C)C[C@H](N(C)C)[C@H]2O)[C@](C)(OC(=O)OC/C(F)=C/c2ccc(-c3ncccn3)s2)C[C@@H](C)C(=O)[C@H](C)[C@H]2NC(=O)O[C@@]21C. The quantitative estimate of drug-likeness (QED) is 0.181. The molecule has 60 heavy (non-hydrogen) atoms. The number of cyclic esters (lactones) is 1. The van der Waals surface area contributed by atoms with Crippen molar-refractivity contribution in [2.24, 2.45) is 23.7 Å². The molecule has 3 fully saturated rings. The maximum Gasteiger partial charge on any atom is 0.509 e. The Bertz CT molecular complexity index is 1910. The van der Waals surface area contributed by atoms with Crippen molar-refractivity contribution in [3.63, 3.8) is 0 Å². The zero-order valence-electron chi connectivity index (χ0n) is 35.7. The summed E-state index contributed by atoms with van der Waals surface area (Å²) in [6, 6.07) is 3.68. The standard InChI is InChI=1S/C42H57FN4O12S/c1-11-30-42(8)34(46-39(52)58-42)23(4)31(48)21(2)19-41(7,59-40(53)54-20-26(43)18-27-13-14-29(60-27)36-44-15-12-16-45-36)35(24(5)32(49)25(6)37(51)56-30)57-38-33(50)28(47(9)10)17-22(3)55-38/h12-16,18,21-25,28,30,33-35,38,50H,11,17,19-20H2,1-10H3,(H,46,52)/b26-18-/t21-,22-,23+,24+,25-,28+,30-,33-,34-,35-,38+,41-,42-/m1/s1. The number of carbonyl (C=O) groups is 5. The molecule has 0 radical (unpaired) electrons. The Balaban J connectivity index is 1.51. The second kappa shape index (κ2) is 19.1. The van der Waals surface area contributed by atoms with Gasteiger partial charge in [-0.2, -0.15) is 0 Å². The second-order valence-corrected chi connectivity index (χ2v) is 17.8. The summed E-state index contributed by atoms with van der Waals surface area (Å²) in [5, 5.41) is 14.2. The van der Waals surface area contributed by atoms with Gasteiger partial charge in [0.2, 0.25) is 0 Å². The van der Waals surface area contributed by atoms with Crippen LogP contribution in [0.4, 0.5) is 14.0 Å². The lowest BCUT2D eigenvalue weighted by molar-refractivity contribution is -0.293. The number of amides is 1. The molecule has 3 aliphatic rings. The molecule has 5 rings (SSSR count). The predicted octanol–water partition coefficient (Wildman–Crippen LogP) is 5.51. The van der Waals surface area contributed by atoms with Crippen molar-refractivity contribution in [1.29, 1.82) is 0 Å². The fourth-order valence-electron chi connectivity index (χ4n) is 8.61. The van der Waals surface area contributed by atoms with Crippen LogP contribution in [-0.2, 0) is 42.8 Å². The van der Waals surface area contributed by atoms with Crippen molar-refractivity contribution >= 4 is 47.2 Å². The lowest BCUT2D eigenvalue weighted by Gasteiger charge is -2.46. The van der Waals surface area contributed by atoms with Crippen molar-refractivity contribution in [3.8, 4) is 10.7 Å². The van der Waals surface area contributed by atoms with Crippen molar-refractivity contribution in [2.45, 2.75) is 129 Å². The van der Waals surface area contributed by atoms with Crippen molar-refractivity contribution in [3.05, 3.63) is 41.3 Å². The molecule has 0 spiro atoms. The highest BCUT2D eigenvalue weighted by molar-refractivity contribution is 7.16. The van der Waals surface area contributed by atoms with E-state index in [1.54, 1.807) is 79.3 Å². The van der Waals surface area contributed by atoms with Crippen LogP contribution in [0.15, 0.2) is 36.4 Å². The highest BCUT2D eigenvalue weighted by Gasteiger charge is 2.57. The zero-order valence-corrected chi connectivity index (χ0v) is 36.5. The molecule has 330 valence electrons. The monoisotopic (exact) mass is 860 g/mol. The van der Waals surface area contributed by atoms with Crippen molar-refractivity contribution in [2.75, 3.05) is 20.7 Å². The molecule has 18 heteroatoms. The average molecular weight is 861 g/mol. The molecule has 0 unspecified atom stereocenters. The molecule has 3 saturated heterocycles. The number of halogens is 1. The van der Waals surface area contributed by atoms with Crippen LogP contribution in [0, 0.1) is 23.7 Å². The van der Waals surface area contributed by atoms with E-state index in [-0.39, 0.29) is 18.6 Å². The minimum absolute atomic E-state index is 0.190. The highest BCUT2D eigenvalue weighted by atomic mass is 32.1. The van der Waals surface area contributed by atoms with Gasteiger partial charge in [0.05, 0.1) is 17.0 Å². The van der Waals surface area contributed by atoms with Gasteiger partial charge in [-0.05, 0) is 85.3 Å². The number of carbonyl (C=O) groups excluding carboxylic acids is 5. The van der Waals surface area contributed by atoms with Gasteiger partial charge < -0.3 is 43.7 Å². The Kier molecular flexibility index (Phi) is 14.9. The number of hydrogen-bond acceptors (Lipinski definition) is 16. The fraction of sp³-hybridized carbons (Fsp3) is 0.643. The number of alkyl carbamates (subject to hydrolysis) is 1.